The van der Waals surface area contributed by atoms with Gasteiger partial charge < -0.3 is 19.4 Å². The maximum absolute atomic E-state index is 5.82. The minimum atomic E-state index is 0.138. The van der Waals surface area contributed by atoms with Crippen molar-refractivity contribution in [1.29, 1.82) is 0 Å². The SMILES string of the molecule is Cc1ccc(C2(CCN3CCNCC3)COC2)o1. The van der Waals surface area contributed by atoms with Gasteiger partial charge in [0.1, 0.15) is 11.5 Å². The molecule has 0 saturated carbocycles. The summed E-state index contributed by atoms with van der Waals surface area (Å²) < 4.78 is 11.3. The van der Waals surface area contributed by atoms with Gasteiger partial charge in [0.2, 0.25) is 0 Å². The Balaban J connectivity index is 1.61. The molecule has 0 aliphatic carbocycles. The molecular weight excluding hydrogens is 228 g/mol. The molecule has 2 aliphatic rings. The summed E-state index contributed by atoms with van der Waals surface area (Å²) in [6, 6.07) is 4.18. The molecule has 0 aromatic carbocycles. The summed E-state index contributed by atoms with van der Waals surface area (Å²) in [5, 5.41) is 3.39. The lowest BCUT2D eigenvalue weighted by Crippen LogP contribution is -2.50. The number of ether oxygens (including phenoxy) is 1. The normalized spacial score (nSPS) is 23.8. The third-order valence-electron chi connectivity index (χ3n) is 4.14. The summed E-state index contributed by atoms with van der Waals surface area (Å²) in [4.78, 5) is 2.53. The predicted molar refractivity (Wildman–Crippen MR) is 69.9 cm³/mol. The highest BCUT2D eigenvalue weighted by atomic mass is 16.5. The van der Waals surface area contributed by atoms with Crippen molar-refractivity contribution in [2.45, 2.75) is 18.8 Å². The molecule has 0 bridgehead atoms. The second-order valence-corrected chi connectivity index (χ2v) is 5.53. The molecule has 0 unspecified atom stereocenters. The first kappa shape index (κ1) is 12.2. The van der Waals surface area contributed by atoms with Crippen LogP contribution in [0.2, 0.25) is 0 Å². The van der Waals surface area contributed by atoms with Crippen molar-refractivity contribution in [3.63, 3.8) is 0 Å². The van der Waals surface area contributed by atoms with Crippen molar-refractivity contribution in [3.05, 3.63) is 23.7 Å². The fourth-order valence-electron chi connectivity index (χ4n) is 2.78. The zero-order valence-corrected chi connectivity index (χ0v) is 11.1. The van der Waals surface area contributed by atoms with Crippen LogP contribution in [0.25, 0.3) is 0 Å². The van der Waals surface area contributed by atoms with Gasteiger partial charge in [0.15, 0.2) is 0 Å². The van der Waals surface area contributed by atoms with E-state index in [1.165, 1.54) is 0 Å². The molecule has 3 heterocycles. The van der Waals surface area contributed by atoms with E-state index in [0.29, 0.717) is 0 Å². The molecule has 1 aromatic rings. The molecular formula is C14H22N2O2. The molecule has 1 aromatic heterocycles. The number of hydrogen-bond donors (Lipinski definition) is 1. The Labute approximate surface area is 108 Å². The van der Waals surface area contributed by atoms with Crippen LogP contribution in [0.3, 0.4) is 0 Å². The Hall–Kier alpha value is -0.840. The molecule has 4 nitrogen and oxygen atoms in total. The number of rotatable bonds is 4. The van der Waals surface area contributed by atoms with Crippen molar-refractivity contribution >= 4 is 0 Å². The predicted octanol–water partition coefficient (Wildman–Crippen LogP) is 1.15. The fraction of sp³-hybridized carbons (Fsp3) is 0.714. The second-order valence-electron chi connectivity index (χ2n) is 5.53. The summed E-state index contributed by atoms with van der Waals surface area (Å²) in [7, 11) is 0. The molecule has 0 radical (unpaired) electrons. The zero-order valence-electron chi connectivity index (χ0n) is 11.1. The van der Waals surface area contributed by atoms with E-state index in [4.69, 9.17) is 9.15 Å². The van der Waals surface area contributed by atoms with Crippen LogP contribution < -0.4 is 5.32 Å². The van der Waals surface area contributed by atoms with Crippen molar-refractivity contribution < 1.29 is 9.15 Å². The third-order valence-corrected chi connectivity index (χ3v) is 4.14. The van der Waals surface area contributed by atoms with Crippen LogP contribution in [-0.2, 0) is 10.2 Å². The fourth-order valence-corrected chi connectivity index (χ4v) is 2.78. The summed E-state index contributed by atoms with van der Waals surface area (Å²) in [6.45, 7) is 9.32. The number of nitrogens with zero attached hydrogens (tertiary/aromatic N) is 1. The quantitative estimate of drug-likeness (QED) is 0.870. The largest absolute Gasteiger partial charge is 0.466 e. The Morgan fingerprint density at radius 2 is 2.06 bits per heavy atom. The van der Waals surface area contributed by atoms with Gasteiger partial charge in [0.05, 0.1) is 18.6 Å². The first-order valence-electron chi connectivity index (χ1n) is 6.86. The van der Waals surface area contributed by atoms with Crippen LogP contribution in [-0.4, -0.2) is 50.8 Å². The Morgan fingerprint density at radius 1 is 1.28 bits per heavy atom. The van der Waals surface area contributed by atoms with Crippen LogP contribution >= 0.6 is 0 Å². The molecule has 0 amide bonds. The average molecular weight is 250 g/mol. The maximum Gasteiger partial charge on any atom is 0.115 e. The molecule has 0 spiro atoms. The van der Waals surface area contributed by atoms with E-state index < -0.39 is 0 Å². The Morgan fingerprint density at radius 3 is 2.61 bits per heavy atom. The molecule has 3 rings (SSSR count). The Bertz CT molecular complexity index is 392. The van der Waals surface area contributed by atoms with Gasteiger partial charge in [0.25, 0.3) is 0 Å². The molecule has 2 saturated heterocycles. The number of hydrogen-bond acceptors (Lipinski definition) is 4. The second kappa shape index (κ2) is 5.03. The first-order chi connectivity index (χ1) is 8.78. The third kappa shape index (κ3) is 2.32. The van der Waals surface area contributed by atoms with E-state index in [1.807, 2.05) is 6.92 Å². The lowest BCUT2D eigenvalue weighted by atomic mass is 9.80. The number of nitrogens with one attached hydrogen (secondary N) is 1. The van der Waals surface area contributed by atoms with Gasteiger partial charge in [-0.1, -0.05) is 0 Å². The van der Waals surface area contributed by atoms with Crippen molar-refractivity contribution in [3.8, 4) is 0 Å². The number of furan rings is 1. The van der Waals surface area contributed by atoms with Gasteiger partial charge in [-0.15, -0.1) is 0 Å². The standard InChI is InChI=1S/C14H22N2O2/c1-12-2-3-13(18-12)14(10-17-11-14)4-7-16-8-5-15-6-9-16/h2-3,15H,4-11H2,1H3. The molecule has 4 heteroatoms. The monoisotopic (exact) mass is 250 g/mol. The summed E-state index contributed by atoms with van der Waals surface area (Å²) in [5.74, 6) is 2.11. The average Bonchev–Trinajstić information content (AvgIpc) is 2.76. The highest BCUT2D eigenvalue weighted by molar-refractivity contribution is 5.20. The van der Waals surface area contributed by atoms with Crippen molar-refractivity contribution in [2.75, 3.05) is 45.9 Å². The highest BCUT2D eigenvalue weighted by Gasteiger charge is 2.43. The molecule has 2 fully saturated rings. The highest BCUT2D eigenvalue weighted by Crippen LogP contribution is 2.36. The van der Waals surface area contributed by atoms with E-state index >= 15 is 0 Å². The molecule has 0 atom stereocenters. The molecule has 1 N–H and O–H groups in total. The van der Waals surface area contributed by atoms with E-state index in [1.54, 1.807) is 0 Å². The van der Waals surface area contributed by atoms with E-state index in [2.05, 4.69) is 22.3 Å². The van der Waals surface area contributed by atoms with Gasteiger partial charge >= 0.3 is 0 Å². The molecule has 100 valence electrons. The number of piperazine rings is 1. The minimum absolute atomic E-state index is 0.138. The van der Waals surface area contributed by atoms with E-state index in [9.17, 15) is 0 Å². The van der Waals surface area contributed by atoms with E-state index in [0.717, 1.165) is 63.9 Å². The maximum atomic E-state index is 5.82. The van der Waals surface area contributed by atoms with Crippen LogP contribution in [0, 0.1) is 6.92 Å². The van der Waals surface area contributed by atoms with Gasteiger partial charge in [-0.3, -0.25) is 0 Å². The van der Waals surface area contributed by atoms with Crippen LogP contribution in [0.5, 0.6) is 0 Å². The van der Waals surface area contributed by atoms with Crippen molar-refractivity contribution in [1.82, 2.24) is 10.2 Å². The molecule has 2 aliphatic heterocycles. The minimum Gasteiger partial charge on any atom is -0.466 e. The van der Waals surface area contributed by atoms with Gasteiger partial charge in [0, 0.05) is 26.2 Å². The lowest BCUT2D eigenvalue weighted by molar-refractivity contribution is -0.0778. The van der Waals surface area contributed by atoms with Crippen LogP contribution in [0.15, 0.2) is 16.5 Å². The topological polar surface area (TPSA) is 37.6 Å². The number of aryl methyl sites for hydroxylation is 1. The lowest BCUT2D eigenvalue weighted by Gasteiger charge is -2.41. The smallest absolute Gasteiger partial charge is 0.115 e. The van der Waals surface area contributed by atoms with Gasteiger partial charge in [-0.05, 0) is 32.0 Å². The first-order valence-corrected chi connectivity index (χ1v) is 6.86. The molecule has 18 heavy (non-hydrogen) atoms. The van der Waals surface area contributed by atoms with E-state index in [-0.39, 0.29) is 5.41 Å². The van der Waals surface area contributed by atoms with Crippen molar-refractivity contribution in [2.24, 2.45) is 0 Å². The summed E-state index contributed by atoms with van der Waals surface area (Å²) >= 11 is 0. The van der Waals surface area contributed by atoms with Gasteiger partial charge in [-0.2, -0.15) is 0 Å². The van der Waals surface area contributed by atoms with Gasteiger partial charge in [-0.25, -0.2) is 0 Å². The Kier molecular flexibility index (Phi) is 3.41. The summed E-state index contributed by atoms with van der Waals surface area (Å²) in [5.41, 5.74) is 0.138. The zero-order chi connectivity index (χ0) is 12.4. The van der Waals surface area contributed by atoms with Crippen LogP contribution in [0.1, 0.15) is 17.9 Å². The van der Waals surface area contributed by atoms with Crippen LogP contribution in [0.4, 0.5) is 0 Å². The summed E-state index contributed by atoms with van der Waals surface area (Å²) in [6.07, 6.45) is 1.14.